The van der Waals surface area contributed by atoms with E-state index in [2.05, 4.69) is 15.6 Å². The van der Waals surface area contributed by atoms with Gasteiger partial charge in [0.05, 0.1) is 5.02 Å². The normalized spacial score (nSPS) is 14.9. The van der Waals surface area contributed by atoms with Crippen LogP contribution in [-0.4, -0.2) is 16.1 Å². The van der Waals surface area contributed by atoms with Crippen molar-refractivity contribution in [1.82, 2.24) is 10.3 Å². The molecule has 0 bridgehead atoms. The zero-order chi connectivity index (χ0) is 9.97. The number of pyridine rings is 1. The second-order valence-corrected chi connectivity index (χ2v) is 4.08. The third-order valence-corrected chi connectivity index (χ3v) is 2.33. The van der Waals surface area contributed by atoms with Gasteiger partial charge < -0.3 is 10.6 Å². The number of nitrogens with zero attached hydrogens (tertiary/aromatic N) is 1. The quantitative estimate of drug-likeness (QED) is 0.760. The van der Waals surface area contributed by atoms with Gasteiger partial charge in [0.2, 0.25) is 0 Å². The minimum atomic E-state index is 0.558. The van der Waals surface area contributed by atoms with Crippen LogP contribution in [-0.2, 0) is 0 Å². The van der Waals surface area contributed by atoms with Gasteiger partial charge in [0, 0.05) is 12.2 Å². The summed E-state index contributed by atoms with van der Waals surface area (Å²) in [5.41, 5.74) is 0. The maximum Gasteiger partial charge on any atom is 0.172 e. The SMILES string of the molecule is S=C(Nc1ccc(Cl)cn1)NC1CC1. The monoisotopic (exact) mass is 227 g/mol. The lowest BCUT2D eigenvalue weighted by atomic mass is 10.4. The van der Waals surface area contributed by atoms with Crippen LogP contribution in [0.4, 0.5) is 5.82 Å². The summed E-state index contributed by atoms with van der Waals surface area (Å²) < 4.78 is 0. The molecule has 1 aliphatic carbocycles. The highest BCUT2D eigenvalue weighted by molar-refractivity contribution is 7.80. The van der Waals surface area contributed by atoms with E-state index in [1.165, 1.54) is 12.8 Å². The Morgan fingerprint density at radius 1 is 1.50 bits per heavy atom. The molecular weight excluding hydrogens is 218 g/mol. The fourth-order valence-electron chi connectivity index (χ4n) is 1.02. The molecule has 2 N–H and O–H groups in total. The maximum absolute atomic E-state index is 5.70. The molecule has 3 nitrogen and oxygen atoms in total. The summed E-state index contributed by atoms with van der Waals surface area (Å²) in [6.45, 7) is 0. The van der Waals surface area contributed by atoms with Gasteiger partial charge >= 0.3 is 0 Å². The lowest BCUT2D eigenvalue weighted by Gasteiger charge is -2.08. The number of halogens is 1. The minimum Gasteiger partial charge on any atom is -0.360 e. The van der Waals surface area contributed by atoms with E-state index in [9.17, 15) is 0 Å². The molecule has 0 atom stereocenters. The number of hydrogen-bond acceptors (Lipinski definition) is 2. The van der Waals surface area contributed by atoms with Crippen LogP contribution in [0.5, 0.6) is 0 Å². The summed E-state index contributed by atoms with van der Waals surface area (Å²) in [7, 11) is 0. The van der Waals surface area contributed by atoms with Crippen LogP contribution in [0.2, 0.25) is 5.02 Å². The number of nitrogens with one attached hydrogen (secondary N) is 2. The predicted octanol–water partition coefficient (Wildman–Crippen LogP) is 2.18. The predicted molar refractivity (Wildman–Crippen MR) is 61.6 cm³/mol. The lowest BCUT2D eigenvalue weighted by molar-refractivity contribution is 0.918. The molecule has 2 rings (SSSR count). The number of anilines is 1. The zero-order valence-corrected chi connectivity index (χ0v) is 9.03. The molecule has 1 saturated carbocycles. The number of rotatable bonds is 2. The van der Waals surface area contributed by atoms with E-state index in [0.717, 1.165) is 0 Å². The van der Waals surface area contributed by atoms with Gasteiger partial charge in [0.1, 0.15) is 5.82 Å². The Morgan fingerprint density at radius 3 is 2.86 bits per heavy atom. The summed E-state index contributed by atoms with van der Waals surface area (Å²) in [6, 6.07) is 4.13. The van der Waals surface area contributed by atoms with Crippen molar-refractivity contribution in [2.75, 3.05) is 5.32 Å². The molecule has 1 aliphatic rings. The van der Waals surface area contributed by atoms with Crippen molar-refractivity contribution in [3.63, 3.8) is 0 Å². The molecular formula is C9H10ClN3S. The van der Waals surface area contributed by atoms with Crippen LogP contribution < -0.4 is 10.6 Å². The van der Waals surface area contributed by atoms with Gasteiger partial charge in [0.25, 0.3) is 0 Å². The smallest absolute Gasteiger partial charge is 0.172 e. The van der Waals surface area contributed by atoms with Gasteiger partial charge in [-0.2, -0.15) is 0 Å². The van der Waals surface area contributed by atoms with Crippen LogP contribution in [0.1, 0.15) is 12.8 Å². The van der Waals surface area contributed by atoms with Crippen molar-refractivity contribution >= 4 is 34.7 Å². The van der Waals surface area contributed by atoms with E-state index < -0.39 is 0 Å². The Labute approximate surface area is 92.9 Å². The fraction of sp³-hybridized carbons (Fsp3) is 0.333. The molecule has 0 spiro atoms. The average molecular weight is 228 g/mol. The number of hydrogen-bond donors (Lipinski definition) is 2. The topological polar surface area (TPSA) is 37.0 Å². The largest absolute Gasteiger partial charge is 0.360 e. The highest BCUT2D eigenvalue weighted by atomic mass is 35.5. The van der Waals surface area contributed by atoms with E-state index in [1.54, 1.807) is 18.3 Å². The van der Waals surface area contributed by atoms with Gasteiger partial charge in [-0.3, -0.25) is 0 Å². The van der Waals surface area contributed by atoms with Crippen molar-refractivity contribution in [2.24, 2.45) is 0 Å². The van der Waals surface area contributed by atoms with Crippen LogP contribution in [0.3, 0.4) is 0 Å². The highest BCUT2D eigenvalue weighted by Gasteiger charge is 2.21. The summed E-state index contributed by atoms with van der Waals surface area (Å²) in [4.78, 5) is 4.08. The molecule has 0 aromatic carbocycles. The molecule has 0 aliphatic heterocycles. The van der Waals surface area contributed by atoms with E-state index >= 15 is 0 Å². The van der Waals surface area contributed by atoms with E-state index in [0.29, 0.717) is 22.0 Å². The molecule has 0 radical (unpaired) electrons. The summed E-state index contributed by atoms with van der Waals surface area (Å²) >= 11 is 10.8. The molecule has 74 valence electrons. The highest BCUT2D eigenvalue weighted by Crippen LogP contribution is 2.18. The molecule has 14 heavy (non-hydrogen) atoms. The van der Waals surface area contributed by atoms with Gasteiger partial charge in [-0.1, -0.05) is 11.6 Å². The van der Waals surface area contributed by atoms with Gasteiger partial charge in [-0.25, -0.2) is 4.98 Å². The van der Waals surface area contributed by atoms with Gasteiger partial charge in [-0.05, 0) is 37.2 Å². The molecule has 1 fully saturated rings. The van der Waals surface area contributed by atoms with Crippen LogP contribution in [0.15, 0.2) is 18.3 Å². The Kier molecular flexibility index (Phi) is 2.84. The first-order valence-corrected chi connectivity index (χ1v) is 5.22. The Morgan fingerprint density at radius 2 is 2.29 bits per heavy atom. The van der Waals surface area contributed by atoms with Crippen LogP contribution in [0, 0.1) is 0 Å². The molecule has 5 heteroatoms. The first kappa shape index (κ1) is 9.68. The Hall–Kier alpha value is -0.870. The van der Waals surface area contributed by atoms with Gasteiger partial charge in [0.15, 0.2) is 5.11 Å². The molecule has 1 aromatic heterocycles. The van der Waals surface area contributed by atoms with Crippen LogP contribution in [0.25, 0.3) is 0 Å². The van der Waals surface area contributed by atoms with E-state index in [-0.39, 0.29) is 0 Å². The maximum atomic E-state index is 5.70. The second kappa shape index (κ2) is 4.11. The molecule has 0 unspecified atom stereocenters. The third-order valence-electron chi connectivity index (χ3n) is 1.88. The minimum absolute atomic E-state index is 0.558. The average Bonchev–Trinajstić information content (AvgIpc) is 2.93. The first-order valence-electron chi connectivity index (χ1n) is 4.43. The van der Waals surface area contributed by atoms with Crippen molar-refractivity contribution in [2.45, 2.75) is 18.9 Å². The third kappa shape index (κ3) is 2.82. The summed E-state index contributed by atoms with van der Waals surface area (Å²) in [5, 5.41) is 7.40. The van der Waals surface area contributed by atoms with Crippen molar-refractivity contribution in [3.05, 3.63) is 23.4 Å². The number of thiocarbonyl (C=S) groups is 1. The van der Waals surface area contributed by atoms with Gasteiger partial charge in [-0.15, -0.1) is 0 Å². The molecule has 0 amide bonds. The fourth-order valence-corrected chi connectivity index (χ4v) is 1.40. The van der Waals surface area contributed by atoms with E-state index in [1.807, 2.05) is 0 Å². The number of aromatic nitrogens is 1. The first-order chi connectivity index (χ1) is 6.74. The zero-order valence-electron chi connectivity index (χ0n) is 7.46. The Bertz CT molecular complexity index is 334. The van der Waals surface area contributed by atoms with E-state index in [4.69, 9.17) is 23.8 Å². The molecule has 0 saturated heterocycles. The van der Waals surface area contributed by atoms with Crippen molar-refractivity contribution < 1.29 is 0 Å². The Balaban J connectivity index is 1.89. The lowest BCUT2D eigenvalue weighted by Crippen LogP contribution is -2.30. The molecule has 1 aromatic rings. The van der Waals surface area contributed by atoms with Crippen molar-refractivity contribution in [3.8, 4) is 0 Å². The van der Waals surface area contributed by atoms with Crippen molar-refractivity contribution in [1.29, 1.82) is 0 Å². The second-order valence-electron chi connectivity index (χ2n) is 3.23. The molecule has 1 heterocycles. The summed E-state index contributed by atoms with van der Waals surface area (Å²) in [6.07, 6.45) is 4.00. The standard InChI is InChI=1S/C9H10ClN3S/c10-6-1-4-8(11-5-6)13-9(14)12-7-2-3-7/h1,4-5,7H,2-3H2,(H2,11,12,13,14). The summed E-state index contributed by atoms with van der Waals surface area (Å²) in [5.74, 6) is 0.715. The van der Waals surface area contributed by atoms with Crippen LogP contribution >= 0.6 is 23.8 Å².